The van der Waals surface area contributed by atoms with E-state index >= 15 is 0 Å². The summed E-state index contributed by atoms with van der Waals surface area (Å²) in [6, 6.07) is 6.56. The van der Waals surface area contributed by atoms with Crippen LogP contribution in [0.15, 0.2) is 29.8 Å². The van der Waals surface area contributed by atoms with Crippen molar-refractivity contribution < 1.29 is 0 Å². The fourth-order valence-electron chi connectivity index (χ4n) is 3.00. The molecule has 0 aliphatic carbocycles. The number of thiazole rings is 1. The Kier molecular flexibility index (Phi) is 5.09. The van der Waals surface area contributed by atoms with Gasteiger partial charge in [0, 0.05) is 42.8 Å². The smallest absolute Gasteiger partial charge is 0.142 e. The second kappa shape index (κ2) is 7.07. The minimum atomic E-state index is 0.289. The average molecular weight is 331 g/mol. The lowest BCUT2D eigenvalue weighted by molar-refractivity contribution is 0.0959. The highest BCUT2D eigenvalue weighted by Gasteiger charge is 2.26. The van der Waals surface area contributed by atoms with E-state index < -0.39 is 0 Å². The first-order valence-electron chi connectivity index (χ1n) is 8.36. The van der Waals surface area contributed by atoms with Gasteiger partial charge in [-0.1, -0.05) is 6.07 Å². The number of likely N-dealkylation sites (tertiary alicyclic amines) is 1. The molecule has 4 nitrogen and oxygen atoms in total. The molecular weight excluding hydrogens is 304 g/mol. The zero-order valence-electron chi connectivity index (χ0n) is 14.2. The third-order valence-corrected chi connectivity index (χ3v) is 5.36. The van der Waals surface area contributed by atoms with E-state index in [-0.39, 0.29) is 5.54 Å². The first-order valence-corrected chi connectivity index (χ1v) is 9.24. The molecule has 23 heavy (non-hydrogen) atoms. The van der Waals surface area contributed by atoms with E-state index in [0.717, 1.165) is 22.9 Å². The summed E-state index contributed by atoms with van der Waals surface area (Å²) in [5.41, 5.74) is 2.37. The Hall–Kier alpha value is -1.30. The number of nitrogens with zero attached hydrogens (tertiary/aromatic N) is 3. The number of piperidine rings is 1. The van der Waals surface area contributed by atoms with E-state index in [1.54, 1.807) is 11.3 Å². The molecule has 0 saturated carbocycles. The first kappa shape index (κ1) is 16.6. The van der Waals surface area contributed by atoms with E-state index in [9.17, 15) is 0 Å². The average Bonchev–Trinajstić information content (AvgIpc) is 3.02. The lowest BCUT2D eigenvalue weighted by Gasteiger charge is -2.41. The summed E-state index contributed by atoms with van der Waals surface area (Å²) in [6.07, 6.45) is 4.25. The first-order chi connectivity index (χ1) is 11.0. The fourth-order valence-corrected chi connectivity index (χ4v) is 3.79. The van der Waals surface area contributed by atoms with Gasteiger partial charge in [-0.2, -0.15) is 0 Å². The van der Waals surface area contributed by atoms with E-state index in [1.165, 1.54) is 25.9 Å². The van der Waals surface area contributed by atoms with Crippen LogP contribution in [0.3, 0.4) is 0 Å². The Morgan fingerprint density at radius 2 is 2.04 bits per heavy atom. The van der Waals surface area contributed by atoms with Crippen LogP contribution in [0, 0.1) is 0 Å². The number of aromatic nitrogens is 2. The van der Waals surface area contributed by atoms with E-state index in [0.29, 0.717) is 6.04 Å². The molecule has 1 N–H and O–H groups in total. The Labute approximate surface area is 143 Å². The van der Waals surface area contributed by atoms with Crippen molar-refractivity contribution in [3.63, 3.8) is 0 Å². The fraction of sp³-hybridized carbons (Fsp3) is 0.556. The molecule has 0 aromatic carbocycles. The Bertz CT molecular complexity index is 609. The molecule has 1 saturated heterocycles. The normalized spacial score (nSPS) is 17.5. The molecular formula is C18H26N4S. The monoisotopic (exact) mass is 330 g/mol. The minimum absolute atomic E-state index is 0.289. The number of hydrogen-bond donors (Lipinski definition) is 1. The van der Waals surface area contributed by atoms with Crippen molar-refractivity contribution >= 4 is 11.3 Å². The molecule has 3 heterocycles. The molecule has 0 spiro atoms. The number of nitrogens with one attached hydrogen (secondary N) is 1. The summed E-state index contributed by atoms with van der Waals surface area (Å²) in [4.78, 5) is 11.6. The van der Waals surface area contributed by atoms with E-state index in [2.05, 4.69) is 41.4 Å². The molecule has 3 rings (SSSR count). The Morgan fingerprint density at radius 3 is 2.70 bits per heavy atom. The van der Waals surface area contributed by atoms with Crippen LogP contribution in [0.5, 0.6) is 0 Å². The van der Waals surface area contributed by atoms with Crippen molar-refractivity contribution in [3.05, 3.63) is 35.5 Å². The molecule has 0 bridgehead atoms. The quantitative estimate of drug-likeness (QED) is 0.931. The molecule has 1 aliphatic heterocycles. The molecule has 0 amide bonds. The van der Waals surface area contributed by atoms with Gasteiger partial charge < -0.3 is 5.32 Å². The number of rotatable bonds is 4. The Balaban J connectivity index is 1.50. The van der Waals surface area contributed by atoms with Gasteiger partial charge in [-0.05, 0) is 45.7 Å². The predicted molar refractivity (Wildman–Crippen MR) is 96.5 cm³/mol. The molecule has 1 aliphatic rings. The largest absolute Gasteiger partial charge is 0.308 e. The second-order valence-corrected chi connectivity index (χ2v) is 8.03. The van der Waals surface area contributed by atoms with Gasteiger partial charge in [0.2, 0.25) is 0 Å². The van der Waals surface area contributed by atoms with Crippen molar-refractivity contribution in [3.8, 4) is 10.7 Å². The topological polar surface area (TPSA) is 41.0 Å². The van der Waals surface area contributed by atoms with Crippen LogP contribution < -0.4 is 5.32 Å². The molecule has 2 aromatic heterocycles. The Morgan fingerprint density at radius 1 is 1.26 bits per heavy atom. The highest BCUT2D eigenvalue weighted by molar-refractivity contribution is 7.13. The highest BCUT2D eigenvalue weighted by Crippen LogP contribution is 2.22. The van der Waals surface area contributed by atoms with Gasteiger partial charge in [0.05, 0.1) is 11.4 Å². The molecule has 0 atom stereocenters. The van der Waals surface area contributed by atoms with Gasteiger partial charge in [-0.15, -0.1) is 11.3 Å². The van der Waals surface area contributed by atoms with Crippen LogP contribution in [0.4, 0.5) is 0 Å². The van der Waals surface area contributed by atoms with E-state index in [1.807, 2.05) is 24.4 Å². The SMILES string of the molecule is CC(C)(C)N1CCC(NCc2csc(-c3ccccn3)n2)CC1. The number of pyridine rings is 1. The molecule has 2 aromatic rings. The summed E-state index contributed by atoms with van der Waals surface area (Å²) in [5.74, 6) is 0. The van der Waals surface area contributed by atoms with Gasteiger partial charge in [-0.25, -0.2) is 4.98 Å². The zero-order chi connectivity index (χ0) is 16.3. The van der Waals surface area contributed by atoms with Crippen molar-refractivity contribution in [2.75, 3.05) is 13.1 Å². The van der Waals surface area contributed by atoms with E-state index in [4.69, 9.17) is 4.98 Å². The molecule has 5 heteroatoms. The van der Waals surface area contributed by atoms with Gasteiger partial charge in [0.15, 0.2) is 0 Å². The van der Waals surface area contributed by atoms with Gasteiger partial charge >= 0.3 is 0 Å². The highest BCUT2D eigenvalue weighted by atomic mass is 32.1. The second-order valence-electron chi connectivity index (χ2n) is 7.17. The van der Waals surface area contributed by atoms with Crippen LogP contribution in [0.25, 0.3) is 10.7 Å². The molecule has 124 valence electrons. The molecule has 0 unspecified atom stereocenters. The van der Waals surface area contributed by atoms with Crippen LogP contribution in [-0.4, -0.2) is 39.5 Å². The maximum absolute atomic E-state index is 4.70. The third-order valence-electron chi connectivity index (χ3n) is 4.45. The van der Waals surface area contributed by atoms with Gasteiger partial charge in [-0.3, -0.25) is 9.88 Å². The summed E-state index contributed by atoms with van der Waals surface area (Å²) in [5, 5.41) is 6.82. The lowest BCUT2D eigenvalue weighted by Crippen LogP contribution is -2.49. The zero-order valence-corrected chi connectivity index (χ0v) is 15.1. The summed E-state index contributed by atoms with van der Waals surface area (Å²) in [6.45, 7) is 10.1. The van der Waals surface area contributed by atoms with Crippen molar-refractivity contribution in [1.29, 1.82) is 0 Å². The van der Waals surface area contributed by atoms with Crippen molar-refractivity contribution in [2.24, 2.45) is 0 Å². The van der Waals surface area contributed by atoms with Crippen LogP contribution in [0.2, 0.25) is 0 Å². The maximum atomic E-state index is 4.70. The molecule has 0 radical (unpaired) electrons. The summed E-state index contributed by atoms with van der Waals surface area (Å²) >= 11 is 1.67. The minimum Gasteiger partial charge on any atom is -0.308 e. The van der Waals surface area contributed by atoms with Crippen LogP contribution in [0.1, 0.15) is 39.3 Å². The van der Waals surface area contributed by atoms with Crippen LogP contribution in [-0.2, 0) is 6.54 Å². The maximum Gasteiger partial charge on any atom is 0.142 e. The predicted octanol–water partition coefficient (Wildman–Crippen LogP) is 3.56. The van der Waals surface area contributed by atoms with Crippen molar-refractivity contribution in [1.82, 2.24) is 20.2 Å². The van der Waals surface area contributed by atoms with Crippen LogP contribution >= 0.6 is 11.3 Å². The lowest BCUT2D eigenvalue weighted by atomic mass is 9.98. The summed E-state index contributed by atoms with van der Waals surface area (Å²) < 4.78 is 0. The molecule has 1 fully saturated rings. The summed E-state index contributed by atoms with van der Waals surface area (Å²) in [7, 11) is 0. The van der Waals surface area contributed by atoms with Crippen molar-refractivity contribution in [2.45, 2.75) is 51.7 Å². The van der Waals surface area contributed by atoms with Gasteiger partial charge in [0.1, 0.15) is 5.01 Å². The number of hydrogen-bond acceptors (Lipinski definition) is 5. The van der Waals surface area contributed by atoms with Gasteiger partial charge in [0.25, 0.3) is 0 Å². The third kappa shape index (κ3) is 4.37. The standard InChI is InChI=1S/C18H26N4S/c1-18(2,3)22-10-7-14(8-11-22)20-12-15-13-23-17(21-15)16-6-4-5-9-19-16/h4-6,9,13-14,20H,7-8,10-12H2,1-3H3.